The third-order valence-electron chi connectivity index (χ3n) is 4.87. The Morgan fingerprint density at radius 2 is 1.77 bits per heavy atom. The zero-order chi connectivity index (χ0) is 21.9. The molecule has 0 saturated carbocycles. The minimum Gasteiger partial charge on any atom is -0.478 e. The van der Waals surface area contributed by atoms with E-state index >= 15 is 0 Å². The lowest BCUT2D eigenvalue weighted by Crippen LogP contribution is -2.28. The highest BCUT2D eigenvalue weighted by molar-refractivity contribution is 5.95. The Hall–Kier alpha value is -3.41. The Balaban J connectivity index is 1.95. The van der Waals surface area contributed by atoms with Gasteiger partial charge in [-0.1, -0.05) is 75.4 Å². The summed E-state index contributed by atoms with van der Waals surface area (Å²) in [6.07, 6.45) is 3.80. The molecule has 156 valence electrons. The number of aromatic nitrogens is 3. The molecule has 1 aromatic heterocycles. The summed E-state index contributed by atoms with van der Waals surface area (Å²) in [7, 11) is 0. The van der Waals surface area contributed by atoms with Crippen LogP contribution >= 0.6 is 0 Å². The fraction of sp³-hybridized carbons (Fsp3) is 0.292. The van der Waals surface area contributed by atoms with E-state index in [1.807, 2.05) is 70.2 Å². The number of hydrogen-bond donors (Lipinski definition) is 1. The van der Waals surface area contributed by atoms with Crippen LogP contribution in [0, 0.1) is 0 Å². The highest BCUT2D eigenvalue weighted by atomic mass is 16.4. The SMILES string of the molecule is CC=CCn1nc(C(C)(C)C)n(Cc2ccc(-c3ccccc3C(=O)O)cc2)c1=O. The van der Waals surface area contributed by atoms with Gasteiger partial charge in [-0.15, -0.1) is 0 Å². The van der Waals surface area contributed by atoms with Gasteiger partial charge in [0.05, 0.1) is 18.7 Å². The number of rotatable bonds is 6. The monoisotopic (exact) mass is 405 g/mol. The standard InChI is InChI=1S/C24H27N3O3/c1-5-6-15-27-23(30)26(22(25-27)24(2,3)4)16-17-11-13-18(14-12-17)19-9-7-8-10-20(19)21(28)29/h5-14H,15-16H2,1-4H3,(H,28,29). The van der Waals surface area contributed by atoms with Gasteiger partial charge < -0.3 is 5.11 Å². The van der Waals surface area contributed by atoms with Crippen molar-refractivity contribution in [3.8, 4) is 11.1 Å². The van der Waals surface area contributed by atoms with Crippen LogP contribution in [0.4, 0.5) is 0 Å². The summed E-state index contributed by atoms with van der Waals surface area (Å²) in [5.41, 5.74) is 2.29. The Kier molecular flexibility index (Phi) is 6.06. The maximum Gasteiger partial charge on any atom is 0.346 e. The molecule has 0 atom stereocenters. The zero-order valence-corrected chi connectivity index (χ0v) is 17.8. The van der Waals surface area contributed by atoms with Gasteiger partial charge >= 0.3 is 11.7 Å². The number of nitrogens with zero attached hydrogens (tertiary/aromatic N) is 3. The number of benzene rings is 2. The Bertz CT molecular complexity index is 1130. The van der Waals surface area contributed by atoms with Gasteiger partial charge in [-0.3, -0.25) is 4.57 Å². The molecule has 0 spiro atoms. The summed E-state index contributed by atoms with van der Waals surface area (Å²) in [4.78, 5) is 24.4. The van der Waals surface area contributed by atoms with Crippen LogP contribution in [-0.4, -0.2) is 25.4 Å². The van der Waals surface area contributed by atoms with Crippen LogP contribution in [0.25, 0.3) is 11.1 Å². The molecular formula is C24H27N3O3. The fourth-order valence-electron chi connectivity index (χ4n) is 3.36. The number of carbonyl (C=O) groups is 1. The van der Waals surface area contributed by atoms with Crippen molar-refractivity contribution in [2.45, 2.75) is 46.2 Å². The minimum absolute atomic E-state index is 0.140. The van der Waals surface area contributed by atoms with Crippen LogP contribution in [0.1, 0.15) is 49.4 Å². The van der Waals surface area contributed by atoms with Crippen molar-refractivity contribution >= 4 is 5.97 Å². The number of carboxylic acids is 1. The average Bonchev–Trinajstić information content (AvgIpc) is 3.03. The molecular weight excluding hydrogens is 378 g/mol. The fourth-order valence-corrected chi connectivity index (χ4v) is 3.36. The summed E-state index contributed by atoms with van der Waals surface area (Å²) >= 11 is 0. The van der Waals surface area contributed by atoms with Gasteiger partial charge in [-0.25, -0.2) is 14.3 Å². The third kappa shape index (κ3) is 4.43. The topological polar surface area (TPSA) is 77.1 Å². The summed E-state index contributed by atoms with van der Waals surface area (Å²) in [6.45, 7) is 8.88. The maximum absolute atomic E-state index is 12.9. The molecule has 3 rings (SSSR count). The smallest absolute Gasteiger partial charge is 0.346 e. The highest BCUT2D eigenvalue weighted by Gasteiger charge is 2.24. The maximum atomic E-state index is 12.9. The Morgan fingerprint density at radius 1 is 1.10 bits per heavy atom. The Labute approximate surface area is 176 Å². The van der Waals surface area contributed by atoms with Crippen LogP contribution in [0.5, 0.6) is 0 Å². The quantitative estimate of drug-likeness (QED) is 0.619. The van der Waals surface area contributed by atoms with Crippen molar-refractivity contribution in [2.75, 3.05) is 0 Å². The molecule has 1 heterocycles. The summed E-state index contributed by atoms with van der Waals surface area (Å²) in [5.74, 6) is -0.220. The number of aromatic carboxylic acids is 1. The number of hydrogen-bond acceptors (Lipinski definition) is 3. The molecule has 0 unspecified atom stereocenters. The van der Waals surface area contributed by atoms with Crippen LogP contribution in [-0.2, 0) is 18.5 Å². The van der Waals surface area contributed by atoms with Crippen molar-refractivity contribution < 1.29 is 9.90 Å². The largest absolute Gasteiger partial charge is 0.478 e. The van der Waals surface area contributed by atoms with Gasteiger partial charge in [0.1, 0.15) is 5.82 Å². The van der Waals surface area contributed by atoms with Crippen LogP contribution in [0.2, 0.25) is 0 Å². The molecule has 0 amide bonds. The van der Waals surface area contributed by atoms with E-state index in [0.29, 0.717) is 18.7 Å². The molecule has 30 heavy (non-hydrogen) atoms. The van der Waals surface area contributed by atoms with Crippen molar-refractivity contribution in [1.82, 2.24) is 14.3 Å². The lowest BCUT2D eigenvalue weighted by Gasteiger charge is -2.18. The predicted octanol–water partition coefficient (Wildman–Crippen LogP) is 4.33. The van der Waals surface area contributed by atoms with E-state index in [9.17, 15) is 14.7 Å². The molecule has 0 aliphatic rings. The van der Waals surface area contributed by atoms with E-state index in [2.05, 4.69) is 5.10 Å². The summed E-state index contributed by atoms with van der Waals surface area (Å²) in [5, 5.41) is 14.0. The number of allylic oxidation sites excluding steroid dienone is 2. The van der Waals surface area contributed by atoms with Gasteiger partial charge in [-0.2, -0.15) is 5.10 Å². The predicted molar refractivity (Wildman–Crippen MR) is 118 cm³/mol. The third-order valence-corrected chi connectivity index (χ3v) is 4.87. The van der Waals surface area contributed by atoms with Gasteiger partial charge in [0.2, 0.25) is 0 Å². The number of carboxylic acid groups (broad SMARTS) is 1. The van der Waals surface area contributed by atoms with Gasteiger partial charge in [0.25, 0.3) is 0 Å². The molecule has 0 aliphatic carbocycles. The average molecular weight is 405 g/mol. The zero-order valence-electron chi connectivity index (χ0n) is 17.8. The molecule has 0 radical (unpaired) electrons. The summed E-state index contributed by atoms with van der Waals surface area (Å²) in [6, 6.07) is 14.6. The molecule has 6 heteroatoms. The lowest BCUT2D eigenvalue weighted by molar-refractivity contribution is 0.0697. The second-order valence-electron chi connectivity index (χ2n) is 8.24. The first-order valence-corrected chi connectivity index (χ1v) is 9.93. The minimum atomic E-state index is -0.954. The van der Waals surface area contributed by atoms with Crippen molar-refractivity contribution in [2.24, 2.45) is 0 Å². The van der Waals surface area contributed by atoms with E-state index in [-0.39, 0.29) is 16.7 Å². The first-order chi connectivity index (χ1) is 14.2. The lowest BCUT2D eigenvalue weighted by atomic mass is 9.95. The Morgan fingerprint density at radius 3 is 2.37 bits per heavy atom. The molecule has 0 bridgehead atoms. The van der Waals surface area contributed by atoms with E-state index in [4.69, 9.17) is 0 Å². The molecule has 0 fully saturated rings. The van der Waals surface area contributed by atoms with E-state index in [1.54, 1.807) is 22.8 Å². The normalized spacial score (nSPS) is 11.9. The molecule has 1 N–H and O–H groups in total. The van der Waals surface area contributed by atoms with Gasteiger partial charge in [-0.05, 0) is 29.7 Å². The molecule has 0 aliphatic heterocycles. The second-order valence-corrected chi connectivity index (χ2v) is 8.24. The first-order valence-electron chi connectivity index (χ1n) is 9.93. The molecule has 0 saturated heterocycles. The van der Waals surface area contributed by atoms with Crippen LogP contribution in [0.3, 0.4) is 0 Å². The van der Waals surface area contributed by atoms with E-state index in [0.717, 1.165) is 17.0 Å². The van der Waals surface area contributed by atoms with E-state index in [1.165, 1.54) is 4.68 Å². The summed E-state index contributed by atoms with van der Waals surface area (Å²) < 4.78 is 3.20. The van der Waals surface area contributed by atoms with Crippen LogP contribution in [0.15, 0.2) is 65.5 Å². The van der Waals surface area contributed by atoms with Gasteiger partial charge in [0.15, 0.2) is 0 Å². The highest BCUT2D eigenvalue weighted by Crippen LogP contribution is 2.25. The molecule has 6 nitrogen and oxygen atoms in total. The molecule has 3 aromatic rings. The van der Waals surface area contributed by atoms with Crippen molar-refractivity contribution in [3.63, 3.8) is 0 Å². The second kappa shape index (κ2) is 8.53. The van der Waals surface area contributed by atoms with Crippen molar-refractivity contribution in [3.05, 3.63) is 88.1 Å². The van der Waals surface area contributed by atoms with Gasteiger partial charge in [0, 0.05) is 5.41 Å². The molecule has 2 aromatic carbocycles. The van der Waals surface area contributed by atoms with E-state index < -0.39 is 5.97 Å². The first kappa shape index (κ1) is 21.3. The van der Waals surface area contributed by atoms with Crippen LogP contribution < -0.4 is 5.69 Å². The van der Waals surface area contributed by atoms with Crippen molar-refractivity contribution in [1.29, 1.82) is 0 Å².